The lowest BCUT2D eigenvalue weighted by atomic mass is 10.2. The zero-order valence-electron chi connectivity index (χ0n) is 12.1. The molecule has 23 heavy (non-hydrogen) atoms. The average Bonchev–Trinajstić information content (AvgIpc) is 2.88. The molecule has 1 unspecified atom stereocenters. The Bertz CT molecular complexity index is 916. The standard InChI is InChI=1S/C16H13ClN2O4/c1-9(22-13-5-3-2-4-11(13)17)15(20)18-10-6-7-14-12(8-10)19-16(21)23-14/h2-9H,1H3,(H,18,20)(H,19,21). The van der Waals surface area contributed by atoms with Crippen LogP contribution in [0, 0.1) is 0 Å². The molecule has 0 saturated heterocycles. The Labute approximate surface area is 136 Å². The Hall–Kier alpha value is -2.73. The van der Waals surface area contributed by atoms with E-state index in [0.717, 1.165) is 0 Å². The molecular weight excluding hydrogens is 320 g/mol. The number of H-pyrrole nitrogens is 1. The van der Waals surface area contributed by atoms with Gasteiger partial charge in [-0.2, -0.15) is 0 Å². The lowest BCUT2D eigenvalue weighted by molar-refractivity contribution is -0.122. The first kappa shape index (κ1) is 15.2. The third-order valence-corrected chi connectivity index (χ3v) is 3.51. The molecule has 1 heterocycles. The number of benzene rings is 2. The van der Waals surface area contributed by atoms with Crippen LogP contribution in [0.2, 0.25) is 5.02 Å². The number of hydrogen-bond donors (Lipinski definition) is 2. The number of amides is 1. The molecule has 118 valence electrons. The van der Waals surface area contributed by atoms with E-state index in [4.69, 9.17) is 20.8 Å². The van der Waals surface area contributed by atoms with Crippen LogP contribution in [0.15, 0.2) is 51.7 Å². The van der Waals surface area contributed by atoms with Crippen molar-refractivity contribution in [2.75, 3.05) is 5.32 Å². The van der Waals surface area contributed by atoms with E-state index in [-0.39, 0.29) is 5.91 Å². The molecule has 1 amide bonds. The largest absolute Gasteiger partial charge is 0.479 e. The summed E-state index contributed by atoms with van der Waals surface area (Å²) in [6.45, 7) is 1.62. The second-order valence-electron chi connectivity index (χ2n) is 4.91. The Morgan fingerprint density at radius 3 is 2.87 bits per heavy atom. The number of fused-ring (bicyclic) bond motifs is 1. The fourth-order valence-electron chi connectivity index (χ4n) is 2.06. The van der Waals surface area contributed by atoms with Crippen LogP contribution in [0.4, 0.5) is 5.69 Å². The predicted octanol–water partition coefficient (Wildman–Crippen LogP) is 3.18. The van der Waals surface area contributed by atoms with Crippen LogP contribution in [0.25, 0.3) is 11.1 Å². The molecule has 0 saturated carbocycles. The summed E-state index contributed by atoms with van der Waals surface area (Å²) in [5.41, 5.74) is 1.45. The highest BCUT2D eigenvalue weighted by atomic mass is 35.5. The fourth-order valence-corrected chi connectivity index (χ4v) is 2.24. The van der Waals surface area contributed by atoms with Crippen LogP contribution in [0.5, 0.6) is 5.75 Å². The van der Waals surface area contributed by atoms with Crippen molar-refractivity contribution in [1.29, 1.82) is 0 Å². The maximum absolute atomic E-state index is 12.2. The van der Waals surface area contributed by atoms with Gasteiger partial charge in [0, 0.05) is 5.69 Å². The molecular formula is C16H13ClN2O4. The monoisotopic (exact) mass is 332 g/mol. The Kier molecular flexibility index (Phi) is 4.08. The smallest absolute Gasteiger partial charge is 0.417 e. The first-order chi connectivity index (χ1) is 11.0. The van der Waals surface area contributed by atoms with Crippen molar-refractivity contribution in [1.82, 2.24) is 4.98 Å². The normalized spacial score (nSPS) is 12.1. The highest BCUT2D eigenvalue weighted by Crippen LogP contribution is 2.24. The first-order valence-corrected chi connectivity index (χ1v) is 7.25. The quantitative estimate of drug-likeness (QED) is 0.768. The number of hydrogen-bond acceptors (Lipinski definition) is 4. The lowest BCUT2D eigenvalue weighted by Crippen LogP contribution is -2.30. The van der Waals surface area contributed by atoms with Gasteiger partial charge < -0.3 is 14.5 Å². The molecule has 0 aliphatic carbocycles. The summed E-state index contributed by atoms with van der Waals surface area (Å²) >= 11 is 6.00. The Morgan fingerprint density at radius 1 is 1.30 bits per heavy atom. The van der Waals surface area contributed by atoms with E-state index >= 15 is 0 Å². The number of aromatic amines is 1. The molecule has 3 aromatic rings. The van der Waals surface area contributed by atoms with Gasteiger partial charge >= 0.3 is 5.76 Å². The summed E-state index contributed by atoms with van der Waals surface area (Å²) in [7, 11) is 0. The number of nitrogens with one attached hydrogen (secondary N) is 2. The van der Waals surface area contributed by atoms with Crippen LogP contribution in [0.1, 0.15) is 6.92 Å². The molecule has 0 spiro atoms. The minimum absolute atomic E-state index is 0.338. The molecule has 2 aromatic carbocycles. The zero-order chi connectivity index (χ0) is 16.4. The molecule has 0 aliphatic rings. The van der Waals surface area contributed by atoms with Crippen molar-refractivity contribution in [2.45, 2.75) is 13.0 Å². The van der Waals surface area contributed by atoms with E-state index in [1.807, 2.05) is 0 Å². The van der Waals surface area contributed by atoms with Crippen molar-refractivity contribution in [3.8, 4) is 5.75 Å². The SMILES string of the molecule is CC(Oc1ccccc1Cl)C(=O)Nc1ccc2oc(=O)[nH]c2c1. The number of carbonyl (C=O) groups excluding carboxylic acids is 1. The van der Waals surface area contributed by atoms with Crippen molar-refractivity contribution in [3.63, 3.8) is 0 Å². The number of ether oxygens (including phenoxy) is 1. The number of rotatable bonds is 4. The summed E-state index contributed by atoms with van der Waals surface area (Å²) < 4.78 is 10.5. The Balaban J connectivity index is 1.72. The van der Waals surface area contributed by atoms with Crippen molar-refractivity contribution in [2.24, 2.45) is 0 Å². The third kappa shape index (κ3) is 3.37. The van der Waals surface area contributed by atoms with Crippen molar-refractivity contribution >= 4 is 34.3 Å². The van der Waals surface area contributed by atoms with Gasteiger partial charge in [0.05, 0.1) is 10.5 Å². The van der Waals surface area contributed by atoms with Gasteiger partial charge in [-0.25, -0.2) is 4.79 Å². The molecule has 0 aliphatic heterocycles. The summed E-state index contributed by atoms with van der Waals surface area (Å²) in [6, 6.07) is 11.8. The summed E-state index contributed by atoms with van der Waals surface area (Å²) in [4.78, 5) is 25.8. The van der Waals surface area contributed by atoms with E-state index < -0.39 is 11.9 Å². The second kappa shape index (κ2) is 6.18. The van der Waals surface area contributed by atoms with Crippen LogP contribution in [-0.2, 0) is 4.79 Å². The number of halogens is 1. The minimum atomic E-state index is -0.742. The van der Waals surface area contributed by atoms with E-state index in [1.54, 1.807) is 49.4 Å². The average molecular weight is 333 g/mol. The molecule has 7 heteroatoms. The number of carbonyl (C=O) groups is 1. The van der Waals surface area contributed by atoms with Gasteiger partial charge in [0.2, 0.25) is 0 Å². The van der Waals surface area contributed by atoms with E-state index in [1.165, 1.54) is 0 Å². The molecule has 3 rings (SSSR count). The van der Waals surface area contributed by atoms with Gasteiger partial charge in [-0.1, -0.05) is 23.7 Å². The van der Waals surface area contributed by atoms with Crippen molar-refractivity contribution in [3.05, 3.63) is 58.0 Å². The van der Waals surface area contributed by atoms with Crippen LogP contribution in [0.3, 0.4) is 0 Å². The van der Waals surface area contributed by atoms with Gasteiger partial charge in [-0.05, 0) is 37.3 Å². The van der Waals surface area contributed by atoms with Crippen molar-refractivity contribution < 1.29 is 13.9 Å². The van der Waals surface area contributed by atoms with E-state index in [2.05, 4.69) is 10.3 Å². The second-order valence-corrected chi connectivity index (χ2v) is 5.31. The number of para-hydroxylation sites is 1. The Morgan fingerprint density at radius 2 is 2.09 bits per heavy atom. The molecule has 0 bridgehead atoms. The van der Waals surface area contributed by atoms with Gasteiger partial charge in [0.25, 0.3) is 5.91 Å². The third-order valence-electron chi connectivity index (χ3n) is 3.20. The van der Waals surface area contributed by atoms with Crippen LogP contribution >= 0.6 is 11.6 Å². The molecule has 0 fully saturated rings. The van der Waals surface area contributed by atoms with Gasteiger partial charge in [0.15, 0.2) is 11.7 Å². The van der Waals surface area contributed by atoms with Crippen LogP contribution in [-0.4, -0.2) is 17.0 Å². The minimum Gasteiger partial charge on any atom is -0.479 e. The van der Waals surface area contributed by atoms with E-state index in [0.29, 0.717) is 27.6 Å². The molecule has 0 radical (unpaired) electrons. The molecule has 6 nitrogen and oxygen atoms in total. The lowest BCUT2D eigenvalue weighted by Gasteiger charge is -2.15. The summed E-state index contributed by atoms with van der Waals surface area (Å²) in [5, 5.41) is 3.15. The number of aromatic nitrogens is 1. The molecule has 2 N–H and O–H groups in total. The topological polar surface area (TPSA) is 84.3 Å². The summed E-state index contributed by atoms with van der Waals surface area (Å²) in [5.74, 6) is -0.444. The first-order valence-electron chi connectivity index (χ1n) is 6.88. The maximum atomic E-state index is 12.2. The highest BCUT2D eigenvalue weighted by Gasteiger charge is 2.16. The number of anilines is 1. The predicted molar refractivity (Wildman–Crippen MR) is 87.0 cm³/mol. The van der Waals surface area contributed by atoms with Crippen LogP contribution < -0.4 is 15.8 Å². The number of oxazole rings is 1. The fraction of sp³-hybridized carbons (Fsp3) is 0.125. The highest BCUT2D eigenvalue weighted by molar-refractivity contribution is 6.32. The van der Waals surface area contributed by atoms with Gasteiger partial charge in [-0.15, -0.1) is 0 Å². The maximum Gasteiger partial charge on any atom is 0.417 e. The van der Waals surface area contributed by atoms with Gasteiger partial charge in [-0.3, -0.25) is 9.78 Å². The molecule has 1 aromatic heterocycles. The van der Waals surface area contributed by atoms with E-state index in [9.17, 15) is 9.59 Å². The van der Waals surface area contributed by atoms with Gasteiger partial charge in [0.1, 0.15) is 5.75 Å². The summed E-state index contributed by atoms with van der Waals surface area (Å²) in [6.07, 6.45) is -0.742. The molecule has 1 atom stereocenters. The zero-order valence-corrected chi connectivity index (χ0v) is 12.9.